The molecule has 3 aromatic rings. The average Bonchev–Trinajstić information content (AvgIpc) is 3.01. The maximum atomic E-state index is 12.3. The molecule has 0 unspecified atom stereocenters. The lowest BCUT2D eigenvalue weighted by Gasteiger charge is -2.09. The minimum absolute atomic E-state index is 0.0477. The van der Waals surface area contributed by atoms with E-state index in [0.717, 1.165) is 17.0 Å². The topological polar surface area (TPSA) is 89.4 Å². The van der Waals surface area contributed by atoms with E-state index in [2.05, 4.69) is 10.6 Å². The van der Waals surface area contributed by atoms with E-state index in [4.69, 9.17) is 4.74 Å². The van der Waals surface area contributed by atoms with Crippen LogP contribution in [-0.2, 0) is 11.3 Å². The highest BCUT2D eigenvalue weighted by atomic mass is 32.1. The first-order chi connectivity index (χ1) is 13.5. The van der Waals surface area contributed by atoms with Gasteiger partial charge < -0.3 is 15.4 Å². The summed E-state index contributed by atoms with van der Waals surface area (Å²) in [4.78, 5) is 36.0. The Morgan fingerprint density at radius 3 is 2.18 bits per heavy atom. The molecule has 0 fully saturated rings. The van der Waals surface area contributed by atoms with Crippen LogP contribution in [0.15, 0.2) is 58.7 Å². The van der Waals surface area contributed by atoms with Gasteiger partial charge in [0, 0.05) is 28.0 Å². The normalized spacial score (nSPS) is 10.4. The summed E-state index contributed by atoms with van der Waals surface area (Å²) in [5.41, 5.74) is 2.40. The standard InChI is InChI=1S/C20H19N3O4S/c1-13-12-28-20(26)23(13)11-18(24)21-15-5-3-14(4-6-15)19(25)22-16-7-9-17(27-2)10-8-16/h3-10,12H,11H2,1-2H3,(H,21,24)(H,22,25). The third kappa shape index (κ3) is 4.66. The summed E-state index contributed by atoms with van der Waals surface area (Å²) >= 11 is 1.06. The summed E-state index contributed by atoms with van der Waals surface area (Å²) < 4.78 is 6.50. The lowest BCUT2D eigenvalue weighted by molar-refractivity contribution is -0.116. The zero-order valence-corrected chi connectivity index (χ0v) is 16.2. The van der Waals surface area contributed by atoms with Gasteiger partial charge in [-0.1, -0.05) is 11.3 Å². The summed E-state index contributed by atoms with van der Waals surface area (Å²) in [5.74, 6) is 0.139. The zero-order chi connectivity index (χ0) is 20.1. The van der Waals surface area contributed by atoms with Gasteiger partial charge in [0.2, 0.25) is 5.91 Å². The molecule has 0 atom stereocenters. The maximum absolute atomic E-state index is 12.3. The van der Waals surface area contributed by atoms with E-state index in [1.807, 2.05) is 0 Å². The van der Waals surface area contributed by atoms with Gasteiger partial charge in [0.1, 0.15) is 12.3 Å². The van der Waals surface area contributed by atoms with Gasteiger partial charge in [-0.2, -0.15) is 0 Å². The molecular weight excluding hydrogens is 378 g/mol. The molecule has 1 aromatic heterocycles. The Balaban J connectivity index is 1.60. The Labute approximate surface area is 165 Å². The number of benzene rings is 2. The minimum Gasteiger partial charge on any atom is -0.497 e. The molecule has 8 heteroatoms. The van der Waals surface area contributed by atoms with Crippen LogP contribution in [0.25, 0.3) is 0 Å². The highest BCUT2D eigenvalue weighted by molar-refractivity contribution is 7.07. The molecule has 0 saturated carbocycles. The highest BCUT2D eigenvalue weighted by Gasteiger charge is 2.10. The van der Waals surface area contributed by atoms with E-state index >= 15 is 0 Å². The predicted octanol–water partition coefficient (Wildman–Crippen LogP) is 3.12. The molecule has 0 aliphatic rings. The molecule has 0 aliphatic carbocycles. The number of nitrogens with zero attached hydrogens (tertiary/aromatic N) is 1. The van der Waals surface area contributed by atoms with Crippen molar-refractivity contribution in [2.45, 2.75) is 13.5 Å². The number of carbonyl (C=O) groups is 2. The number of anilines is 2. The van der Waals surface area contributed by atoms with Crippen molar-refractivity contribution in [1.82, 2.24) is 4.57 Å². The van der Waals surface area contributed by atoms with Crippen molar-refractivity contribution < 1.29 is 14.3 Å². The van der Waals surface area contributed by atoms with E-state index in [9.17, 15) is 14.4 Å². The third-order valence-electron chi connectivity index (χ3n) is 4.06. The molecule has 0 radical (unpaired) electrons. The number of methoxy groups -OCH3 is 1. The molecule has 2 aromatic carbocycles. The van der Waals surface area contributed by atoms with E-state index in [-0.39, 0.29) is 23.2 Å². The first-order valence-corrected chi connectivity index (χ1v) is 9.34. The van der Waals surface area contributed by atoms with Crippen LogP contribution < -0.4 is 20.2 Å². The van der Waals surface area contributed by atoms with Gasteiger partial charge in [0.15, 0.2) is 0 Å². The molecule has 7 nitrogen and oxygen atoms in total. The van der Waals surface area contributed by atoms with Gasteiger partial charge in [-0.25, -0.2) is 0 Å². The summed E-state index contributed by atoms with van der Waals surface area (Å²) in [7, 11) is 1.58. The lowest BCUT2D eigenvalue weighted by Crippen LogP contribution is -2.25. The maximum Gasteiger partial charge on any atom is 0.307 e. The monoisotopic (exact) mass is 397 g/mol. The first kappa shape index (κ1) is 19.4. The second kappa shape index (κ2) is 8.53. The van der Waals surface area contributed by atoms with Crippen LogP contribution in [0.3, 0.4) is 0 Å². The number of amides is 2. The van der Waals surface area contributed by atoms with Crippen LogP contribution in [0.1, 0.15) is 16.1 Å². The third-order valence-corrected chi connectivity index (χ3v) is 4.94. The van der Waals surface area contributed by atoms with Crippen LogP contribution in [0.5, 0.6) is 5.75 Å². The van der Waals surface area contributed by atoms with Gasteiger partial charge in [0.05, 0.1) is 7.11 Å². The van der Waals surface area contributed by atoms with Crippen LogP contribution in [0, 0.1) is 6.92 Å². The number of rotatable bonds is 6. The van der Waals surface area contributed by atoms with Gasteiger partial charge >= 0.3 is 4.87 Å². The van der Waals surface area contributed by atoms with Crippen molar-refractivity contribution in [3.63, 3.8) is 0 Å². The summed E-state index contributed by atoms with van der Waals surface area (Å²) in [5, 5.41) is 7.23. The second-order valence-corrected chi connectivity index (χ2v) is 6.86. The Morgan fingerprint density at radius 2 is 1.61 bits per heavy atom. The minimum atomic E-state index is -0.306. The second-order valence-electron chi connectivity index (χ2n) is 6.04. The lowest BCUT2D eigenvalue weighted by atomic mass is 10.2. The van der Waals surface area contributed by atoms with Crippen molar-refractivity contribution >= 4 is 34.5 Å². The number of aryl methyl sites for hydroxylation is 1. The summed E-state index contributed by atoms with van der Waals surface area (Å²) in [6, 6.07) is 13.5. The van der Waals surface area contributed by atoms with E-state index in [1.54, 1.807) is 67.9 Å². The SMILES string of the molecule is COc1ccc(NC(=O)c2ccc(NC(=O)Cn3c(C)csc3=O)cc2)cc1. The number of nitrogens with one attached hydrogen (secondary N) is 2. The summed E-state index contributed by atoms with van der Waals surface area (Å²) in [6.07, 6.45) is 0. The van der Waals surface area contributed by atoms with Gasteiger partial charge in [-0.05, 0) is 55.5 Å². The number of thiazole rings is 1. The number of ether oxygens (including phenoxy) is 1. The molecule has 0 bridgehead atoms. The zero-order valence-electron chi connectivity index (χ0n) is 15.4. The Hall–Kier alpha value is -3.39. The van der Waals surface area contributed by atoms with E-state index in [1.165, 1.54) is 4.57 Å². The molecule has 0 aliphatic heterocycles. The van der Waals surface area contributed by atoms with Crippen molar-refractivity contribution in [3.05, 3.63) is 74.8 Å². The molecule has 1 heterocycles. The first-order valence-electron chi connectivity index (χ1n) is 8.46. The molecule has 0 spiro atoms. The predicted molar refractivity (Wildman–Crippen MR) is 109 cm³/mol. The fourth-order valence-electron chi connectivity index (χ4n) is 2.52. The van der Waals surface area contributed by atoms with Gasteiger partial charge in [-0.3, -0.25) is 19.0 Å². The fourth-order valence-corrected chi connectivity index (χ4v) is 3.26. The van der Waals surface area contributed by atoms with E-state index in [0.29, 0.717) is 22.7 Å². The van der Waals surface area contributed by atoms with Crippen LogP contribution in [0.2, 0.25) is 0 Å². The van der Waals surface area contributed by atoms with Crippen molar-refractivity contribution in [1.29, 1.82) is 0 Å². The number of hydrogen-bond acceptors (Lipinski definition) is 5. The van der Waals surface area contributed by atoms with E-state index < -0.39 is 0 Å². The molecule has 2 amide bonds. The highest BCUT2D eigenvalue weighted by Crippen LogP contribution is 2.17. The van der Waals surface area contributed by atoms with Crippen LogP contribution >= 0.6 is 11.3 Å². The van der Waals surface area contributed by atoms with Crippen molar-refractivity contribution in [2.24, 2.45) is 0 Å². The van der Waals surface area contributed by atoms with Crippen molar-refractivity contribution in [3.8, 4) is 5.75 Å². The Kier molecular flexibility index (Phi) is 5.90. The van der Waals surface area contributed by atoms with Crippen LogP contribution in [-0.4, -0.2) is 23.5 Å². The Morgan fingerprint density at radius 1 is 1.00 bits per heavy atom. The quantitative estimate of drug-likeness (QED) is 0.669. The molecule has 2 N–H and O–H groups in total. The smallest absolute Gasteiger partial charge is 0.307 e. The molecule has 28 heavy (non-hydrogen) atoms. The van der Waals surface area contributed by atoms with Crippen molar-refractivity contribution in [2.75, 3.05) is 17.7 Å². The van der Waals surface area contributed by atoms with Gasteiger partial charge in [-0.15, -0.1) is 0 Å². The number of hydrogen-bond donors (Lipinski definition) is 2. The van der Waals surface area contributed by atoms with Crippen LogP contribution in [0.4, 0.5) is 11.4 Å². The molecule has 0 saturated heterocycles. The number of carbonyl (C=O) groups excluding carboxylic acids is 2. The average molecular weight is 397 g/mol. The Bertz CT molecular complexity index is 1040. The molecular formula is C20H19N3O4S. The number of aromatic nitrogens is 1. The largest absolute Gasteiger partial charge is 0.497 e. The fraction of sp³-hybridized carbons (Fsp3) is 0.150. The molecule has 144 valence electrons. The van der Waals surface area contributed by atoms with Gasteiger partial charge in [0.25, 0.3) is 5.91 Å². The summed E-state index contributed by atoms with van der Waals surface area (Å²) in [6.45, 7) is 1.73. The molecule has 3 rings (SSSR count).